The first-order valence-corrected chi connectivity index (χ1v) is 5.99. The van der Waals surface area contributed by atoms with Crippen LogP contribution in [0.2, 0.25) is 0 Å². The van der Waals surface area contributed by atoms with Crippen LogP contribution in [0.15, 0.2) is 9.98 Å². The Labute approximate surface area is 108 Å². The number of nitrogens with zero attached hydrogens (tertiary/aromatic N) is 3. The summed E-state index contributed by atoms with van der Waals surface area (Å²) in [7, 11) is 0. The van der Waals surface area contributed by atoms with Gasteiger partial charge in [-0.1, -0.05) is 0 Å². The molecule has 9 heteroatoms. The number of hydrogen-bond acceptors (Lipinski definition) is 8. The van der Waals surface area contributed by atoms with Crippen LogP contribution in [0.1, 0.15) is 6.42 Å². The third kappa shape index (κ3) is 1.95. The standard InChI is InChI=1S/C10H15N5O4/c11-10-13-7-6(8(18)14-10)12-3-15(7)9-5(17)1-4(2-16)19-9/h3-7,9,16-17H,1-2H2,(H3,11,13,14,18)/t4-,5+,6?,7?,9+/m0/s1. The lowest BCUT2D eigenvalue weighted by Gasteiger charge is -2.32. The predicted octanol–water partition coefficient (Wildman–Crippen LogP) is -3.06. The maximum atomic E-state index is 11.7. The molecule has 3 aliphatic rings. The number of nitrogens with two attached hydrogens (primary N) is 1. The zero-order chi connectivity index (χ0) is 13.6. The van der Waals surface area contributed by atoms with Gasteiger partial charge in [-0.25, -0.2) is 4.99 Å². The molecule has 3 rings (SSSR count). The molecule has 2 unspecified atom stereocenters. The number of rotatable bonds is 2. The third-order valence-electron chi connectivity index (χ3n) is 3.40. The Balaban J connectivity index is 1.81. The molecule has 0 aromatic heterocycles. The van der Waals surface area contributed by atoms with Crippen LogP contribution >= 0.6 is 0 Å². The van der Waals surface area contributed by atoms with Crippen LogP contribution in [-0.2, 0) is 9.53 Å². The molecule has 5 atom stereocenters. The molecule has 0 aromatic rings. The number of aliphatic hydroxyl groups is 2. The number of guanidine groups is 1. The molecule has 1 fully saturated rings. The van der Waals surface area contributed by atoms with Gasteiger partial charge in [0.25, 0.3) is 5.91 Å². The molecular weight excluding hydrogens is 254 g/mol. The average Bonchev–Trinajstić information content (AvgIpc) is 2.92. The number of hydrogen-bond donors (Lipinski definition) is 4. The topological polar surface area (TPSA) is 133 Å². The van der Waals surface area contributed by atoms with E-state index in [0.717, 1.165) is 0 Å². The van der Waals surface area contributed by atoms with Crippen molar-refractivity contribution in [1.29, 1.82) is 0 Å². The SMILES string of the molecule is NC1=NC2C(N=CN2[C@@H]2O[C@H](CO)C[C@H]2O)C(=O)N1. The molecule has 3 aliphatic heterocycles. The fraction of sp³-hybridized carbons (Fsp3) is 0.700. The summed E-state index contributed by atoms with van der Waals surface area (Å²) in [4.78, 5) is 21.4. The second-order valence-electron chi connectivity index (χ2n) is 4.71. The number of ether oxygens (including phenoxy) is 1. The quantitative estimate of drug-likeness (QED) is 0.420. The Hall–Kier alpha value is -1.71. The highest BCUT2D eigenvalue weighted by molar-refractivity contribution is 6.02. The lowest BCUT2D eigenvalue weighted by molar-refractivity contribution is -0.124. The van der Waals surface area contributed by atoms with E-state index in [-0.39, 0.29) is 18.5 Å². The minimum atomic E-state index is -0.774. The molecule has 0 aliphatic carbocycles. The van der Waals surface area contributed by atoms with Gasteiger partial charge in [0.05, 0.1) is 19.0 Å². The molecule has 0 saturated carbocycles. The van der Waals surface area contributed by atoms with Gasteiger partial charge in [0.1, 0.15) is 6.10 Å². The number of aliphatic hydroxyl groups excluding tert-OH is 2. The van der Waals surface area contributed by atoms with E-state index in [1.54, 1.807) is 4.90 Å². The smallest absolute Gasteiger partial charge is 0.255 e. The highest BCUT2D eigenvalue weighted by Crippen LogP contribution is 2.28. The van der Waals surface area contributed by atoms with Crippen molar-refractivity contribution < 1.29 is 19.7 Å². The lowest BCUT2D eigenvalue weighted by Crippen LogP contribution is -2.56. The molecule has 0 spiro atoms. The summed E-state index contributed by atoms with van der Waals surface area (Å²) in [6.07, 6.45) is -0.724. The zero-order valence-electron chi connectivity index (χ0n) is 10.0. The summed E-state index contributed by atoms with van der Waals surface area (Å²) in [5.74, 6) is -0.310. The van der Waals surface area contributed by atoms with Crippen LogP contribution in [0.25, 0.3) is 0 Å². The Morgan fingerprint density at radius 2 is 2.42 bits per heavy atom. The van der Waals surface area contributed by atoms with Crippen molar-refractivity contribution in [3.05, 3.63) is 0 Å². The monoisotopic (exact) mass is 269 g/mol. The van der Waals surface area contributed by atoms with Gasteiger partial charge in [-0.15, -0.1) is 0 Å². The number of nitrogens with one attached hydrogen (secondary N) is 1. The first kappa shape index (κ1) is 12.3. The molecule has 19 heavy (non-hydrogen) atoms. The maximum Gasteiger partial charge on any atom is 0.255 e. The van der Waals surface area contributed by atoms with Crippen LogP contribution in [0, 0.1) is 0 Å². The minimum Gasteiger partial charge on any atom is -0.394 e. The fourth-order valence-corrected chi connectivity index (χ4v) is 2.50. The van der Waals surface area contributed by atoms with Crippen LogP contribution < -0.4 is 11.1 Å². The second-order valence-corrected chi connectivity index (χ2v) is 4.71. The molecule has 3 heterocycles. The van der Waals surface area contributed by atoms with E-state index < -0.39 is 30.6 Å². The van der Waals surface area contributed by atoms with Crippen molar-refractivity contribution in [1.82, 2.24) is 10.2 Å². The third-order valence-corrected chi connectivity index (χ3v) is 3.40. The molecule has 1 amide bonds. The first-order chi connectivity index (χ1) is 9.10. The normalized spacial score (nSPS) is 41.2. The molecule has 0 bridgehead atoms. The number of carbonyl (C=O) groups excluding carboxylic acids is 1. The van der Waals surface area contributed by atoms with Gasteiger partial charge >= 0.3 is 0 Å². The van der Waals surface area contributed by atoms with Gasteiger partial charge in [0.2, 0.25) is 0 Å². The van der Waals surface area contributed by atoms with Crippen molar-refractivity contribution in [2.24, 2.45) is 15.7 Å². The Morgan fingerprint density at radius 3 is 3.11 bits per heavy atom. The van der Waals surface area contributed by atoms with Gasteiger partial charge in [0.15, 0.2) is 24.4 Å². The Kier molecular flexibility index (Phi) is 2.88. The lowest BCUT2D eigenvalue weighted by atomic mass is 10.1. The van der Waals surface area contributed by atoms with E-state index in [4.69, 9.17) is 15.6 Å². The number of amides is 1. The molecule has 1 saturated heterocycles. The van der Waals surface area contributed by atoms with E-state index in [1.165, 1.54) is 6.34 Å². The van der Waals surface area contributed by atoms with Gasteiger partial charge < -0.3 is 25.6 Å². The largest absolute Gasteiger partial charge is 0.394 e. The summed E-state index contributed by atoms with van der Waals surface area (Å²) < 4.78 is 5.52. The predicted molar refractivity (Wildman–Crippen MR) is 64.0 cm³/mol. The highest BCUT2D eigenvalue weighted by atomic mass is 16.5. The van der Waals surface area contributed by atoms with Crippen LogP contribution in [-0.4, -0.2) is 70.6 Å². The summed E-state index contributed by atoms with van der Waals surface area (Å²) in [5, 5.41) is 21.4. The van der Waals surface area contributed by atoms with E-state index >= 15 is 0 Å². The van der Waals surface area contributed by atoms with E-state index in [2.05, 4.69) is 15.3 Å². The second kappa shape index (κ2) is 4.44. The van der Waals surface area contributed by atoms with Crippen LogP contribution in [0.5, 0.6) is 0 Å². The molecule has 104 valence electrons. The summed E-state index contributed by atoms with van der Waals surface area (Å²) in [6.45, 7) is -0.168. The van der Waals surface area contributed by atoms with Crippen LogP contribution in [0.3, 0.4) is 0 Å². The van der Waals surface area contributed by atoms with E-state index in [0.29, 0.717) is 6.42 Å². The molecule has 9 nitrogen and oxygen atoms in total. The van der Waals surface area contributed by atoms with Crippen molar-refractivity contribution in [2.75, 3.05) is 6.61 Å². The van der Waals surface area contributed by atoms with E-state index in [9.17, 15) is 9.90 Å². The van der Waals surface area contributed by atoms with Gasteiger partial charge in [-0.05, 0) is 0 Å². The molecule has 5 N–H and O–H groups in total. The molecule has 0 radical (unpaired) electrons. The minimum absolute atomic E-state index is 0.0212. The fourth-order valence-electron chi connectivity index (χ4n) is 2.50. The highest BCUT2D eigenvalue weighted by Gasteiger charge is 2.47. The zero-order valence-corrected chi connectivity index (χ0v) is 10.0. The van der Waals surface area contributed by atoms with Crippen LogP contribution in [0.4, 0.5) is 0 Å². The number of fused-ring (bicyclic) bond motifs is 1. The van der Waals surface area contributed by atoms with Crippen molar-refractivity contribution >= 4 is 18.2 Å². The first-order valence-electron chi connectivity index (χ1n) is 5.99. The molecule has 0 aromatic carbocycles. The van der Waals surface area contributed by atoms with Gasteiger partial charge in [0, 0.05) is 6.42 Å². The van der Waals surface area contributed by atoms with Crippen molar-refractivity contribution in [2.45, 2.75) is 37.1 Å². The average molecular weight is 269 g/mol. The number of aliphatic imine (C=N–C) groups is 2. The number of carbonyl (C=O) groups is 1. The summed E-state index contributed by atoms with van der Waals surface area (Å²) in [6, 6.07) is -0.684. The molecular formula is C10H15N5O4. The Bertz CT molecular complexity index is 453. The van der Waals surface area contributed by atoms with Crippen molar-refractivity contribution in [3.63, 3.8) is 0 Å². The maximum absolute atomic E-state index is 11.7. The summed E-state index contributed by atoms with van der Waals surface area (Å²) >= 11 is 0. The summed E-state index contributed by atoms with van der Waals surface area (Å²) in [5.41, 5.74) is 5.52. The Morgan fingerprint density at radius 1 is 1.63 bits per heavy atom. The van der Waals surface area contributed by atoms with Gasteiger partial charge in [-0.2, -0.15) is 0 Å². The van der Waals surface area contributed by atoms with E-state index in [1.807, 2.05) is 0 Å². The van der Waals surface area contributed by atoms with Crippen molar-refractivity contribution in [3.8, 4) is 0 Å². The van der Waals surface area contributed by atoms with Gasteiger partial charge in [-0.3, -0.25) is 15.1 Å².